The van der Waals surface area contributed by atoms with Gasteiger partial charge in [0, 0.05) is 19.6 Å². The van der Waals surface area contributed by atoms with E-state index in [0.717, 1.165) is 44.3 Å². The first-order valence-corrected chi connectivity index (χ1v) is 6.65. The molecule has 1 fully saturated rings. The van der Waals surface area contributed by atoms with E-state index < -0.39 is 0 Å². The molecule has 0 amide bonds. The van der Waals surface area contributed by atoms with E-state index in [4.69, 9.17) is 14.2 Å². The summed E-state index contributed by atoms with van der Waals surface area (Å²) in [6.07, 6.45) is 1.73. The van der Waals surface area contributed by atoms with Crippen molar-refractivity contribution in [1.29, 1.82) is 0 Å². The number of rotatable bonds is 7. The van der Waals surface area contributed by atoms with Crippen molar-refractivity contribution in [1.82, 2.24) is 4.90 Å². The molecule has 0 unspecified atom stereocenters. The van der Waals surface area contributed by atoms with Gasteiger partial charge in [-0.2, -0.15) is 0 Å². The topological polar surface area (TPSA) is 30.9 Å². The largest absolute Gasteiger partial charge is 0.492 e. The Bertz CT molecular complexity index is 377. The van der Waals surface area contributed by atoms with Gasteiger partial charge in [0.25, 0.3) is 0 Å². The van der Waals surface area contributed by atoms with Gasteiger partial charge in [-0.3, -0.25) is 4.90 Å². The van der Waals surface area contributed by atoms with E-state index in [1.807, 2.05) is 24.3 Å². The third kappa shape index (κ3) is 5.82. The summed E-state index contributed by atoms with van der Waals surface area (Å²) in [5.41, 5.74) is 0. The molecule has 112 valence electrons. The van der Waals surface area contributed by atoms with Crippen LogP contribution in [0.15, 0.2) is 36.9 Å². The van der Waals surface area contributed by atoms with Crippen LogP contribution in [-0.2, 0) is 4.74 Å². The van der Waals surface area contributed by atoms with E-state index in [1.165, 1.54) is 0 Å². The molecular formula is C15H22ClNO3. The average molecular weight is 300 g/mol. The van der Waals surface area contributed by atoms with Crippen LogP contribution in [0.2, 0.25) is 0 Å². The van der Waals surface area contributed by atoms with Gasteiger partial charge in [-0.1, -0.05) is 12.7 Å². The molecule has 1 aliphatic heterocycles. The Labute approximate surface area is 126 Å². The predicted molar refractivity (Wildman–Crippen MR) is 82.1 cm³/mol. The fourth-order valence-electron chi connectivity index (χ4n) is 1.90. The average Bonchev–Trinajstić information content (AvgIpc) is 2.47. The van der Waals surface area contributed by atoms with Gasteiger partial charge in [0.05, 0.1) is 13.2 Å². The summed E-state index contributed by atoms with van der Waals surface area (Å²) in [5, 5.41) is 0. The summed E-state index contributed by atoms with van der Waals surface area (Å²) >= 11 is 0. The summed E-state index contributed by atoms with van der Waals surface area (Å²) in [7, 11) is 0. The second kappa shape index (κ2) is 9.64. The van der Waals surface area contributed by atoms with Crippen LogP contribution in [0.5, 0.6) is 11.5 Å². The molecule has 0 saturated carbocycles. The van der Waals surface area contributed by atoms with Gasteiger partial charge in [0.2, 0.25) is 0 Å². The number of nitrogens with zero attached hydrogens (tertiary/aromatic N) is 1. The summed E-state index contributed by atoms with van der Waals surface area (Å²) in [6.45, 7) is 9.44. The monoisotopic (exact) mass is 299 g/mol. The van der Waals surface area contributed by atoms with Crippen molar-refractivity contribution in [2.45, 2.75) is 0 Å². The highest BCUT2D eigenvalue weighted by Gasteiger charge is 2.09. The molecule has 1 heterocycles. The van der Waals surface area contributed by atoms with Crippen molar-refractivity contribution in [3.8, 4) is 11.5 Å². The van der Waals surface area contributed by atoms with E-state index in [9.17, 15) is 0 Å². The van der Waals surface area contributed by atoms with Crippen molar-refractivity contribution < 1.29 is 14.2 Å². The summed E-state index contributed by atoms with van der Waals surface area (Å²) < 4.78 is 16.4. The van der Waals surface area contributed by atoms with Gasteiger partial charge < -0.3 is 14.2 Å². The molecule has 1 aliphatic rings. The van der Waals surface area contributed by atoms with Crippen molar-refractivity contribution in [3.63, 3.8) is 0 Å². The Kier molecular flexibility index (Phi) is 8.11. The molecule has 1 aromatic carbocycles. The first kappa shape index (κ1) is 16.8. The van der Waals surface area contributed by atoms with Crippen LogP contribution in [0.1, 0.15) is 0 Å². The Morgan fingerprint density at radius 2 is 1.70 bits per heavy atom. The van der Waals surface area contributed by atoms with E-state index in [1.54, 1.807) is 6.08 Å². The predicted octanol–water partition coefficient (Wildman–Crippen LogP) is 2.38. The first-order chi connectivity index (χ1) is 9.38. The lowest BCUT2D eigenvalue weighted by Gasteiger charge is -2.26. The molecule has 2 rings (SSSR count). The quantitative estimate of drug-likeness (QED) is 0.723. The number of ether oxygens (including phenoxy) is 3. The Hall–Kier alpha value is -1.23. The Morgan fingerprint density at radius 1 is 1.10 bits per heavy atom. The number of morpholine rings is 1. The SMILES string of the molecule is C=CCOc1ccc(OCCN2CCOCC2)cc1.Cl. The molecular weight excluding hydrogens is 278 g/mol. The molecule has 1 aromatic rings. The molecule has 0 radical (unpaired) electrons. The minimum absolute atomic E-state index is 0. The molecule has 0 atom stereocenters. The molecule has 0 N–H and O–H groups in total. The van der Waals surface area contributed by atoms with Gasteiger partial charge in [-0.15, -0.1) is 12.4 Å². The first-order valence-electron chi connectivity index (χ1n) is 6.65. The maximum Gasteiger partial charge on any atom is 0.120 e. The normalized spacial score (nSPS) is 15.2. The third-order valence-corrected chi connectivity index (χ3v) is 2.97. The molecule has 1 saturated heterocycles. The molecule has 0 aromatic heterocycles. The van der Waals surface area contributed by atoms with Gasteiger partial charge >= 0.3 is 0 Å². The number of halogens is 1. The Balaban J connectivity index is 0.00000200. The van der Waals surface area contributed by atoms with Crippen molar-refractivity contribution in [2.75, 3.05) is 46.1 Å². The summed E-state index contributed by atoms with van der Waals surface area (Å²) in [6, 6.07) is 7.68. The van der Waals surface area contributed by atoms with Gasteiger partial charge in [-0.25, -0.2) is 0 Å². The zero-order chi connectivity index (χ0) is 13.3. The van der Waals surface area contributed by atoms with Crippen LogP contribution >= 0.6 is 12.4 Å². The zero-order valence-electron chi connectivity index (χ0n) is 11.6. The molecule has 20 heavy (non-hydrogen) atoms. The van der Waals surface area contributed by atoms with Gasteiger partial charge in [0.15, 0.2) is 0 Å². The van der Waals surface area contributed by atoms with E-state index in [0.29, 0.717) is 13.2 Å². The second-order valence-electron chi connectivity index (χ2n) is 4.37. The van der Waals surface area contributed by atoms with Crippen LogP contribution < -0.4 is 9.47 Å². The lowest BCUT2D eigenvalue weighted by molar-refractivity contribution is 0.0322. The number of hydrogen-bond acceptors (Lipinski definition) is 4. The van der Waals surface area contributed by atoms with E-state index >= 15 is 0 Å². The molecule has 4 nitrogen and oxygen atoms in total. The summed E-state index contributed by atoms with van der Waals surface area (Å²) in [4.78, 5) is 2.35. The molecule has 0 aliphatic carbocycles. The van der Waals surface area contributed by atoms with Crippen molar-refractivity contribution >= 4 is 12.4 Å². The zero-order valence-corrected chi connectivity index (χ0v) is 12.4. The lowest BCUT2D eigenvalue weighted by Crippen LogP contribution is -2.38. The van der Waals surface area contributed by atoms with E-state index in [-0.39, 0.29) is 12.4 Å². The van der Waals surface area contributed by atoms with Crippen LogP contribution in [0.25, 0.3) is 0 Å². The summed E-state index contributed by atoms with van der Waals surface area (Å²) in [5.74, 6) is 1.71. The Morgan fingerprint density at radius 3 is 2.30 bits per heavy atom. The highest BCUT2D eigenvalue weighted by atomic mass is 35.5. The lowest BCUT2D eigenvalue weighted by atomic mass is 10.3. The van der Waals surface area contributed by atoms with Crippen molar-refractivity contribution in [2.24, 2.45) is 0 Å². The molecule has 5 heteroatoms. The maximum absolute atomic E-state index is 5.71. The molecule has 0 bridgehead atoms. The number of benzene rings is 1. The smallest absolute Gasteiger partial charge is 0.120 e. The van der Waals surface area contributed by atoms with Crippen LogP contribution in [0.4, 0.5) is 0 Å². The fraction of sp³-hybridized carbons (Fsp3) is 0.467. The van der Waals surface area contributed by atoms with Crippen LogP contribution in [0, 0.1) is 0 Å². The minimum Gasteiger partial charge on any atom is -0.492 e. The minimum atomic E-state index is 0. The highest BCUT2D eigenvalue weighted by molar-refractivity contribution is 5.85. The third-order valence-electron chi connectivity index (χ3n) is 2.97. The second-order valence-corrected chi connectivity index (χ2v) is 4.37. The maximum atomic E-state index is 5.71. The van der Waals surface area contributed by atoms with Crippen molar-refractivity contribution in [3.05, 3.63) is 36.9 Å². The van der Waals surface area contributed by atoms with Crippen LogP contribution in [0.3, 0.4) is 0 Å². The number of hydrogen-bond donors (Lipinski definition) is 0. The van der Waals surface area contributed by atoms with E-state index in [2.05, 4.69) is 11.5 Å². The fourth-order valence-corrected chi connectivity index (χ4v) is 1.90. The van der Waals surface area contributed by atoms with Gasteiger partial charge in [-0.05, 0) is 24.3 Å². The van der Waals surface area contributed by atoms with Crippen LogP contribution in [-0.4, -0.2) is 51.0 Å². The van der Waals surface area contributed by atoms with Gasteiger partial charge in [0.1, 0.15) is 24.7 Å². The highest BCUT2D eigenvalue weighted by Crippen LogP contribution is 2.17. The standard InChI is InChI=1S/C15H21NO3.ClH/c1-2-10-18-14-3-5-15(6-4-14)19-13-9-16-7-11-17-12-8-16;/h2-6H,1,7-13H2;1H. The molecule has 0 spiro atoms.